The summed E-state index contributed by atoms with van der Waals surface area (Å²) in [4.78, 5) is 35.8. The molecule has 9 heteroatoms. The quantitative estimate of drug-likeness (QED) is 0.517. The molecule has 0 saturated carbocycles. The van der Waals surface area contributed by atoms with Crippen molar-refractivity contribution in [1.82, 2.24) is 10.4 Å². The molecule has 2 amide bonds. The lowest BCUT2D eigenvalue weighted by atomic mass is 10.1. The second-order valence-corrected chi connectivity index (χ2v) is 7.65. The Labute approximate surface area is 176 Å². The van der Waals surface area contributed by atoms with Gasteiger partial charge in [-0.15, -0.1) is 0 Å². The van der Waals surface area contributed by atoms with Crippen LogP contribution in [0.15, 0.2) is 59.5 Å². The summed E-state index contributed by atoms with van der Waals surface area (Å²) in [5, 5.41) is 9.75. The molecule has 1 fully saturated rings. The minimum Gasteiger partial charge on any atom is -0.482 e. The van der Waals surface area contributed by atoms with Crippen LogP contribution in [-0.2, 0) is 20.8 Å². The minimum atomic E-state index is -1.08. The summed E-state index contributed by atoms with van der Waals surface area (Å²) in [5.74, 6) is -1.49. The van der Waals surface area contributed by atoms with Gasteiger partial charge in [-0.2, -0.15) is 5.01 Å². The highest BCUT2D eigenvalue weighted by Crippen LogP contribution is 2.31. The second kappa shape index (κ2) is 9.35. The Balaban J connectivity index is 1.67. The lowest BCUT2D eigenvalue weighted by Gasteiger charge is -2.15. The third kappa shape index (κ3) is 5.66. The van der Waals surface area contributed by atoms with Gasteiger partial charge in [0.1, 0.15) is 5.75 Å². The molecule has 0 atom stereocenters. The highest BCUT2D eigenvalue weighted by atomic mass is 32.2. The van der Waals surface area contributed by atoms with Gasteiger partial charge in [0, 0.05) is 0 Å². The molecule has 7 nitrogen and oxygen atoms in total. The Morgan fingerprint density at radius 1 is 1.17 bits per heavy atom. The van der Waals surface area contributed by atoms with Crippen molar-refractivity contribution in [3.8, 4) is 5.75 Å². The van der Waals surface area contributed by atoms with E-state index in [2.05, 4.69) is 5.43 Å². The van der Waals surface area contributed by atoms with Crippen LogP contribution in [0.1, 0.15) is 11.1 Å². The molecular formula is C20H16N2O5S2. The van der Waals surface area contributed by atoms with E-state index in [0.717, 1.165) is 22.3 Å². The molecule has 0 aromatic heterocycles. The zero-order chi connectivity index (χ0) is 20.8. The number of nitrogens with zero attached hydrogens (tertiary/aromatic N) is 1. The zero-order valence-electron chi connectivity index (χ0n) is 15.0. The monoisotopic (exact) mass is 428 g/mol. The van der Waals surface area contributed by atoms with Crippen LogP contribution in [0.5, 0.6) is 5.75 Å². The lowest BCUT2D eigenvalue weighted by molar-refractivity contribution is -0.139. The number of hydrazine groups is 1. The van der Waals surface area contributed by atoms with Crippen LogP contribution in [-0.4, -0.2) is 38.8 Å². The molecule has 0 unspecified atom stereocenters. The van der Waals surface area contributed by atoms with Gasteiger partial charge < -0.3 is 9.84 Å². The molecule has 2 N–H and O–H groups in total. The Morgan fingerprint density at radius 2 is 1.93 bits per heavy atom. The van der Waals surface area contributed by atoms with Crippen molar-refractivity contribution >= 4 is 52.2 Å². The van der Waals surface area contributed by atoms with Gasteiger partial charge in [-0.1, -0.05) is 54.2 Å². The van der Waals surface area contributed by atoms with Gasteiger partial charge in [0.05, 0.1) is 11.3 Å². The van der Waals surface area contributed by atoms with Crippen LogP contribution >= 0.6 is 24.0 Å². The number of carboxylic acids is 1. The minimum absolute atomic E-state index is 0.125. The van der Waals surface area contributed by atoms with E-state index in [1.165, 1.54) is 0 Å². The van der Waals surface area contributed by atoms with Gasteiger partial charge in [-0.3, -0.25) is 15.0 Å². The molecule has 0 radical (unpaired) electrons. The molecule has 0 bridgehead atoms. The highest BCUT2D eigenvalue weighted by molar-refractivity contribution is 8.26. The van der Waals surface area contributed by atoms with Crippen LogP contribution in [0.25, 0.3) is 6.08 Å². The number of benzene rings is 2. The number of thioether (sulfide) groups is 1. The molecular weight excluding hydrogens is 412 g/mol. The van der Waals surface area contributed by atoms with E-state index >= 15 is 0 Å². The number of ether oxygens (including phenoxy) is 1. The van der Waals surface area contributed by atoms with E-state index < -0.39 is 18.5 Å². The van der Waals surface area contributed by atoms with Crippen LogP contribution < -0.4 is 10.2 Å². The van der Waals surface area contributed by atoms with Crippen molar-refractivity contribution in [2.75, 3.05) is 6.61 Å². The van der Waals surface area contributed by atoms with E-state index in [9.17, 15) is 14.4 Å². The van der Waals surface area contributed by atoms with Gasteiger partial charge >= 0.3 is 5.97 Å². The summed E-state index contributed by atoms with van der Waals surface area (Å²) < 4.78 is 5.36. The third-order valence-corrected chi connectivity index (χ3v) is 5.06. The van der Waals surface area contributed by atoms with Crippen LogP contribution in [0.4, 0.5) is 0 Å². The van der Waals surface area contributed by atoms with E-state index in [1.54, 1.807) is 30.3 Å². The Morgan fingerprint density at radius 3 is 2.66 bits per heavy atom. The topological polar surface area (TPSA) is 95.9 Å². The summed E-state index contributed by atoms with van der Waals surface area (Å²) in [7, 11) is 0. The number of aliphatic carboxylic acids is 1. The van der Waals surface area contributed by atoms with E-state index in [1.807, 2.05) is 30.3 Å². The van der Waals surface area contributed by atoms with E-state index in [4.69, 9.17) is 22.1 Å². The van der Waals surface area contributed by atoms with Crippen molar-refractivity contribution in [3.63, 3.8) is 0 Å². The van der Waals surface area contributed by atoms with Gasteiger partial charge in [-0.05, 0) is 41.6 Å². The maximum Gasteiger partial charge on any atom is 0.341 e. The highest BCUT2D eigenvalue weighted by Gasteiger charge is 2.33. The standard InChI is InChI=1S/C20H16N2O5S2/c23-17(11-13-5-2-1-3-6-13)21-22-19(26)16(29-20(22)28)10-14-7-4-8-15(9-14)27-12-18(24)25/h1-10H,11-12H2,(H,21,23)(H,24,25)/b16-10+. The fraction of sp³-hybridized carbons (Fsp3) is 0.100. The van der Waals surface area contributed by atoms with E-state index in [-0.39, 0.29) is 16.6 Å². The molecule has 0 aliphatic carbocycles. The predicted octanol–water partition coefficient (Wildman–Crippen LogP) is 2.63. The molecule has 0 spiro atoms. The number of carbonyl (C=O) groups is 3. The first-order chi connectivity index (χ1) is 13.9. The van der Waals surface area contributed by atoms with Crippen molar-refractivity contribution < 1.29 is 24.2 Å². The van der Waals surface area contributed by atoms with Crippen molar-refractivity contribution in [3.05, 3.63) is 70.6 Å². The largest absolute Gasteiger partial charge is 0.482 e. The summed E-state index contributed by atoms with van der Waals surface area (Å²) in [6, 6.07) is 15.8. The van der Waals surface area contributed by atoms with Crippen LogP contribution in [0, 0.1) is 0 Å². The number of carboxylic acid groups (broad SMARTS) is 1. The predicted molar refractivity (Wildman–Crippen MR) is 113 cm³/mol. The summed E-state index contributed by atoms with van der Waals surface area (Å²) in [6.07, 6.45) is 1.73. The Bertz CT molecular complexity index is 991. The number of hydrogen-bond donors (Lipinski definition) is 2. The number of carbonyl (C=O) groups excluding carboxylic acids is 2. The SMILES string of the molecule is O=C(O)COc1cccc(/C=C2/SC(=S)N(NC(=O)Cc3ccccc3)C2=O)c1. The van der Waals surface area contributed by atoms with E-state index in [0.29, 0.717) is 16.2 Å². The van der Waals surface area contributed by atoms with Crippen LogP contribution in [0.2, 0.25) is 0 Å². The van der Waals surface area contributed by atoms with Crippen molar-refractivity contribution in [2.45, 2.75) is 6.42 Å². The smallest absolute Gasteiger partial charge is 0.341 e. The first kappa shape index (κ1) is 20.6. The van der Waals surface area contributed by atoms with Crippen LogP contribution in [0.3, 0.4) is 0 Å². The summed E-state index contributed by atoms with van der Waals surface area (Å²) in [5.41, 5.74) is 4.00. The van der Waals surface area contributed by atoms with Gasteiger partial charge in [0.25, 0.3) is 5.91 Å². The fourth-order valence-corrected chi connectivity index (χ4v) is 3.68. The molecule has 148 valence electrons. The zero-order valence-corrected chi connectivity index (χ0v) is 16.7. The molecule has 2 aromatic rings. The summed E-state index contributed by atoms with van der Waals surface area (Å²) in [6.45, 7) is -0.459. The van der Waals surface area contributed by atoms with Crippen molar-refractivity contribution in [1.29, 1.82) is 0 Å². The third-order valence-electron chi connectivity index (χ3n) is 3.76. The number of nitrogens with one attached hydrogen (secondary N) is 1. The number of thiocarbonyl (C=S) groups is 1. The maximum absolute atomic E-state index is 12.6. The first-order valence-electron chi connectivity index (χ1n) is 8.48. The number of hydrogen-bond acceptors (Lipinski definition) is 6. The molecule has 29 heavy (non-hydrogen) atoms. The van der Waals surface area contributed by atoms with Crippen molar-refractivity contribution in [2.24, 2.45) is 0 Å². The molecule has 1 saturated heterocycles. The first-order valence-corrected chi connectivity index (χ1v) is 9.71. The average Bonchev–Trinajstić information content (AvgIpc) is 2.95. The number of amides is 2. The molecule has 3 rings (SSSR count). The fourth-order valence-electron chi connectivity index (χ4n) is 2.50. The molecule has 1 aliphatic rings. The summed E-state index contributed by atoms with van der Waals surface area (Å²) >= 11 is 6.28. The normalized spacial score (nSPS) is 14.9. The second-order valence-electron chi connectivity index (χ2n) is 5.97. The molecule has 1 heterocycles. The Kier molecular flexibility index (Phi) is 6.63. The molecule has 2 aromatic carbocycles. The molecule has 1 aliphatic heterocycles. The van der Waals surface area contributed by atoms with Gasteiger partial charge in [-0.25, -0.2) is 4.79 Å². The van der Waals surface area contributed by atoms with Gasteiger partial charge in [0.15, 0.2) is 10.9 Å². The lowest BCUT2D eigenvalue weighted by Crippen LogP contribution is -2.45. The Hall–Kier alpha value is -3.17. The maximum atomic E-state index is 12.6. The number of rotatable bonds is 7. The van der Waals surface area contributed by atoms with Gasteiger partial charge in [0.2, 0.25) is 5.91 Å². The average molecular weight is 428 g/mol.